The van der Waals surface area contributed by atoms with E-state index in [2.05, 4.69) is 15.6 Å². The summed E-state index contributed by atoms with van der Waals surface area (Å²) in [6.07, 6.45) is 8.22. The van der Waals surface area contributed by atoms with Gasteiger partial charge in [0, 0.05) is 29.9 Å². The third-order valence-corrected chi connectivity index (χ3v) is 6.21. The quantitative estimate of drug-likeness (QED) is 0.881. The predicted molar refractivity (Wildman–Crippen MR) is 93.2 cm³/mol. The number of hydrogen-bond acceptors (Lipinski definition) is 4. The Morgan fingerprint density at radius 2 is 1.83 bits per heavy atom. The summed E-state index contributed by atoms with van der Waals surface area (Å²) in [5.41, 5.74) is 1.17. The third-order valence-electron chi connectivity index (χ3n) is 5.13. The van der Waals surface area contributed by atoms with Crippen LogP contribution in [0.15, 0.2) is 0 Å². The molecule has 1 saturated carbocycles. The summed E-state index contributed by atoms with van der Waals surface area (Å²) in [7, 11) is 0. The van der Waals surface area contributed by atoms with Crippen molar-refractivity contribution in [1.82, 2.24) is 15.2 Å². The van der Waals surface area contributed by atoms with Crippen molar-refractivity contribution >= 4 is 28.4 Å². The molecule has 1 aromatic heterocycles. The fourth-order valence-electron chi connectivity index (χ4n) is 3.45. The Morgan fingerprint density at radius 1 is 1.08 bits per heavy atom. The number of anilines is 1. The lowest BCUT2D eigenvalue weighted by molar-refractivity contribution is -0.121. The number of fused-ring (bicyclic) bond motifs is 1. The number of amides is 3. The molecule has 3 amide bonds. The molecule has 130 valence electrons. The van der Waals surface area contributed by atoms with E-state index in [4.69, 9.17) is 0 Å². The fourth-order valence-corrected chi connectivity index (χ4v) is 4.50. The van der Waals surface area contributed by atoms with E-state index in [1.165, 1.54) is 23.4 Å². The minimum Gasteiger partial charge on any atom is -0.335 e. The van der Waals surface area contributed by atoms with E-state index in [1.807, 2.05) is 4.90 Å². The number of likely N-dealkylation sites (tertiary alicyclic amines) is 1. The van der Waals surface area contributed by atoms with Gasteiger partial charge in [0.15, 0.2) is 5.13 Å². The Kier molecular flexibility index (Phi) is 4.43. The standard InChI is InChI=1S/C17H24N4O2S/c22-15(20-16-19-13-3-1-2-4-14(13)24-16)11-7-9-21(10-8-11)17(23)18-12-5-6-12/h11-12H,1-10H2,(H,18,23)(H,19,20,22). The number of carbonyl (C=O) groups is 2. The second-order valence-corrected chi connectivity index (χ2v) is 8.15. The molecule has 3 aliphatic rings. The van der Waals surface area contributed by atoms with Crippen molar-refractivity contribution in [3.05, 3.63) is 10.6 Å². The Labute approximate surface area is 146 Å². The molecular formula is C17H24N4O2S. The molecule has 1 aliphatic heterocycles. The van der Waals surface area contributed by atoms with Crippen LogP contribution < -0.4 is 10.6 Å². The molecule has 0 unspecified atom stereocenters. The van der Waals surface area contributed by atoms with Gasteiger partial charge in [0.2, 0.25) is 5.91 Å². The van der Waals surface area contributed by atoms with Crippen molar-refractivity contribution in [3.63, 3.8) is 0 Å². The Bertz CT molecular complexity index is 609. The largest absolute Gasteiger partial charge is 0.335 e. The number of hydrogen-bond donors (Lipinski definition) is 2. The normalized spacial score (nSPS) is 21.2. The maximum atomic E-state index is 12.5. The van der Waals surface area contributed by atoms with Gasteiger partial charge in [-0.15, -0.1) is 11.3 Å². The molecule has 4 rings (SSSR count). The topological polar surface area (TPSA) is 74.3 Å². The Balaban J connectivity index is 1.28. The van der Waals surface area contributed by atoms with E-state index in [-0.39, 0.29) is 17.9 Å². The van der Waals surface area contributed by atoms with Gasteiger partial charge in [-0.2, -0.15) is 0 Å². The summed E-state index contributed by atoms with van der Waals surface area (Å²) in [5, 5.41) is 6.77. The molecule has 2 N–H and O–H groups in total. The molecule has 2 heterocycles. The van der Waals surface area contributed by atoms with E-state index < -0.39 is 0 Å². The minimum atomic E-state index is -0.0177. The van der Waals surface area contributed by atoms with Crippen LogP contribution in [0.1, 0.15) is 49.1 Å². The molecule has 6 nitrogen and oxygen atoms in total. The monoisotopic (exact) mass is 348 g/mol. The lowest BCUT2D eigenvalue weighted by atomic mass is 9.96. The average molecular weight is 348 g/mol. The van der Waals surface area contributed by atoms with Crippen molar-refractivity contribution in [2.75, 3.05) is 18.4 Å². The number of thiazole rings is 1. The van der Waals surface area contributed by atoms with E-state index in [9.17, 15) is 9.59 Å². The molecular weight excluding hydrogens is 324 g/mol. The van der Waals surface area contributed by atoms with Crippen molar-refractivity contribution in [2.45, 2.75) is 57.4 Å². The number of rotatable bonds is 3. The highest BCUT2D eigenvalue weighted by Gasteiger charge is 2.31. The molecule has 0 atom stereocenters. The molecule has 1 aromatic rings. The molecule has 2 aliphatic carbocycles. The van der Waals surface area contributed by atoms with Crippen LogP contribution in [-0.2, 0) is 17.6 Å². The lowest BCUT2D eigenvalue weighted by Gasteiger charge is -2.31. The van der Waals surface area contributed by atoms with Gasteiger partial charge in [-0.05, 0) is 51.4 Å². The zero-order chi connectivity index (χ0) is 16.5. The first-order chi connectivity index (χ1) is 11.7. The fraction of sp³-hybridized carbons (Fsp3) is 0.706. The summed E-state index contributed by atoms with van der Waals surface area (Å²) in [6, 6.07) is 0.415. The second kappa shape index (κ2) is 6.70. The average Bonchev–Trinajstić information content (AvgIpc) is 3.31. The van der Waals surface area contributed by atoms with Crippen LogP contribution >= 0.6 is 11.3 Å². The van der Waals surface area contributed by atoms with Gasteiger partial charge in [-0.3, -0.25) is 4.79 Å². The van der Waals surface area contributed by atoms with Crippen LogP contribution in [0.25, 0.3) is 0 Å². The van der Waals surface area contributed by atoms with Crippen molar-refractivity contribution in [1.29, 1.82) is 0 Å². The molecule has 0 spiro atoms. The van der Waals surface area contributed by atoms with Crippen LogP contribution in [-0.4, -0.2) is 41.0 Å². The summed E-state index contributed by atoms with van der Waals surface area (Å²) in [4.78, 5) is 32.3. The number of nitrogens with zero attached hydrogens (tertiary/aromatic N) is 2. The van der Waals surface area contributed by atoms with Gasteiger partial charge in [-0.25, -0.2) is 9.78 Å². The number of aryl methyl sites for hydroxylation is 2. The smallest absolute Gasteiger partial charge is 0.317 e. The van der Waals surface area contributed by atoms with Gasteiger partial charge in [0.05, 0.1) is 5.69 Å². The molecule has 0 aromatic carbocycles. The van der Waals surface area contributed by atoms with Gasteiger partial charge < -0.3 is 15.5 Å². The first kappa shape index (κ1) is 15.9. The summed E-state index contributed by atoms with van der Waals surface area (Å²) >= 11 is 1.63. The Morgan fingerprint density at radius 3 is 2.54 bits per heavy atom. The van der Waals surface area contributed by atoms with E-state index in [0.717, 1.165) is 43.7 Å². The van der Waals surface area contributed by atoms with Crippen LogP contribution in [0.2, 0.25) is 0 Å². The number of nitrogens with one attached hydrogen (secondary N) is 2. The molecule has 0 radical (unpaired) electrons. The van der Waals surface area contributed by atoms with Crippen LogP contribution in [0, 0.1) is 5.92 Å². The predicted octanol–water partition coefficient (Wildman–Crippen LogP) is 2.54. The summed E-state index contributed by atoms with van der Waals surface area (Å²) in [6.45, 7) is 1.32. The number of piperidine rings is 1. The lowest BCUT2D eigenvalue weighted by Crippen LogP contribution is -2.46. The number of urea groups is 1. The van der Waals surface area contributed by atoms with Crippen molar-refractivity contribution in [2.24, 2.45) is 5.92 Å². The summed E-state index contributed by atoms with van der Waals surface area (Å²) < 4.78 is 0. The van der Waals surface area contributed by atoms with E-state index in [1.54, 1.807) is 11.3 Å². The van der Waals surface area contributed by atoms with E-state index in [0.29, 0.717) is 19.1 Å². The van der Waals surface area contributed by atoms with Crippen LogP contribution in [0.5, 0.6) is 0 Å². The maximum absolute atomic E-state index is 12.5. The number of aromatic nitrogens is 1. The molecule has 2 fully saturated rings. The zero-order valence-corrected chi connectivity index (χ0v) is 14.7. The minimum absolute atomic E-state index is 0.0177. The molecule has 7 heteroatoms. The highest BCUT2D eigenvalue weighted by Crippen LogP contribution is 2.30. The molecule has 0 bridgehead atoms. The first-order valence-corrected chi connectivity index (χ1v) is 9.85. The highest BCUT2D eigenvalue weighted by molar-refractivity contribution is 7.15. The first-order valence-electron chi connectivity index (χ1n) is 9.04. The van der Waals surface area contributed by atoms with Crippen LogP contribution in [0.4, 0.5) is 9.93 Å². The Hall–Kier alpha value is -1.63. The summed E-state index contributed by atoms with van der Waals surface area (Å²) in [5.74, 6) is 0.0410. The molecule has 1 saturated heterocycles. The van der Waals surface area contributed by atoms with Gasteiger partial charge in [0.1, 0.15) is 0 Å². The maximum Gasteiger partial charge on any atom is 0.317 e. The van der Waals surface area contributed by atoms with Gasteiger partial charge in [-0.1, -0.05) is 0 Å². The third kappa shape index (κ3) is 3.55. The molecule has 24 heavy (non-hydrogen) atoms. The number of carbonyl (C=O) groups excluding carboxylic acids is 2. The van der Waals surface area contributed by atoms with E-state index >= 15 is 0 Å². The second-order valence-electron chi connectivity index (χ2n) is 7.07. The van der Waals surface area contributed by atoms with Crippen LogP contribution in [0.3, 0.4) is 0 Å². The van der Waals surface area contributed by atoms with Gasteiger partial charge >= 0.3 is 6.03 Å². The van der Waals surface area contributed by atoms with Crippen molar-refractivity contribution < 1.29 is 9.59 Å². The van der Waals surface area contributed by atoms with Gasteiger partial charge in [0.25, 0.3) is 0 Å². The zero-order valence-electron chi connectivity index (χ0n) is 13.8. The van der Waals surface area contributed by atoms with Crippen molar-refractivity contribution in [3.8, 4) is 0 Å². The highest BCUT2D eigenvalue weighted by atomic mass is 32.1. The SMILES string of the molecule is O=C(Nc1nc2c(s1)CCCC2)C1CCN(C(=O)NC2CC2)CC1.